The maximum Gasteiger partial charge on any atom is 0.393 e. The molecule has 37 heavy (non-hydrogen) atoms. The van der Waals surface area contributed by atoms with Gasteiger partial charge < -0.3 is 5.32 Å². The standard InChI is InChI=1S/C18H12ClF16NO/c1-7(2)8-3-5-9(6-4-8)36-10(37)11(20,21)12(22,23)13(24,25)14(26,27)15(28,29)16(30,31)17(32,33)18(19,34)35/h3-7H,1-2H3,(H,36,37). The Balaban J connectivity index is 3.52. The summed E-state index contributed by atoms with van der Waals surface area (Å²) in [5.41, 5.74) is -0.399. The third-order valence-electron chi connectivity index (χ3n) is 4.84. The van der Waals surface area contributed by atoms with Crippen LogP contribution in [0.4, 0.5) is 75.9 Å². The fourth-order valence-corrected chi connectivity index (χ4v) is 2.59. The van der Waals surface area contributed by atoms with Crippen molar-refractivity contribution in [2.75, 3.05) is 5.32 Å². The molecule has 0 atom stereocenters. The van der Waals surface area contributed by atoms with Crippen molar-refractivity contribution in [3.05, 3.63) is 29.8 Å². The monoisotopic (exact) mass is 597 g/mol. The Morgan fingerprint density at radius 3 is 1.27 bits per heavy atom. The highest BCUT2D eigenvalue weighted by Gasteiger charge is 2.95. The number of alkyl halides is 17. The van der Waals surface area contributed by atoms with E-state index in [1.54, 1.807) is 13.8 Å². The number of anilines is 1. The third-order valence-corrected chi connectivity index (χ3v) is 5.08. The van der Waals surface area contributed by atoms with Crippen LogP contribution in [-0.2, 0) is 4.79 Å². The third kappa shape index (κ3) is 4.77. The van der Waals surface area contributed by atoms with Gasteiger partial charge in [-0.3, -0.25) is 4.79 Å². The summed E-state index contributed by atoms with van der Waals surface area (Å²) < 4.78 is 215. The molecule has 1 rings (SSSR count). The van der Waals surface area contributed by atoms with Crippen LogP contribution in [0.5, 0.6) is 0 Å². The molecule has 0 aromatic heterocycles. The number of hydrogen-bond acceptors (Lipinski definition) is 1. The zero-order chi connectivity index (χ0) is 29.8. The number of rotatable bonds is 10. The number of carbonyl (C=O) groups excluding carboxylic acids is 1. The summed E-state index contributed by atoms with van der Waals surface area (Å²) in [5, 5.41) is -5.99. The lowest BCUT2D eigenvalue weighted by Crippen LogP contribution is -2.75. The first kappa shape index (κ1) is 32.9. The van der Waals surface area contributed by atoms with E-state index in [9.17, 15) is 75.0 Å². The van der Waals surface area contributed by atoms with Crippen molar-refractivity contribution in [1.82, 2.24) is 0 Å². The molecule has 0 unspecified atom stereocenters. The van der Waals surface area contributed by atoms with Crippen molar-refractivity contribution >= 4 is 23.2 Å². The SMILES string of the molecule is CC(C)c1ccc(NC(=O)C(F)(F)C(F)(F)C(F)(F)C(F)(F)C(F)(F)C(F)(F)C(F)(F)C(F)(F)Cl)cc1. The summed E-state index contributed by atoms with van der Waals surface area (Å²) in [6, 6.07) is 3.65. The number of halogens is 17. The molecular weight excluding hydrogens is 586 g/mol. The Bertz CT molecular complexity index is 984. The second kappa shape index (κ2) is 9.25. The lowest BCUT2D eigenvalue weighted by atomic mass is 9.89. The minimum atomic E-state index is -8.62. The topological polar surface area (TPSA) is 29.1 Å². The van der Waals surface area contributed by atoms with Gasteiger partial charge in [-0.05, 0) is 35.2 Å². The van der Waals surface area contributed by atoms with Gasteiger partial charge in [-0.25, -0.2) is 0 Å². The maximum atomic E-state index is 13.9. The van der Waals surface area contributed by atoms with Crippen LogP contribution in [0.2, 0.25) is 0 Å². The van der Waals surface area contributed by atoms with Gasteiger partial charge in [0, 0.05) is 5.69 Å². The van der Waals surface area contributed by atoms with Crippen LogP contribution < -0.4 is 5.32 Å². The molecule has 0 radical (unpaired) electrons. The highest BCUT2D eigenvalue weighted by Crippen LogP contribution is 2.64. The van der Waals surface area contributed by atoms with Crippen LogP contribution in [0.3, 0.4) is 0 Å². The van der Waals surface area contributed by atoms with Gasteiger partial charge in [0.15, 0.2) is 0 Å². The van der Waals surface area contributed by atoms with Gasteiger partial charge in [0.05, 0.1) is 0 Å². The molecular formula is C18H12ClF16NO. The minimum absolute atomic E-state index is 0.220. The summed E-state index contributed by atoms with van der Waals surface area (Å²) in [5.74, 6) is -60.7. The first-order chi connectivity index (χ1) is 16.1. The van der Waals surface area contributed by atoms with Crippen molar-refractivity contribution in [1.29, 1.82) is 0 Å². The van der Waals surface area contributed by atoms with E-state index in [4.69, 9.17) is 0 Å². The number of carbonyl (C=O) groups is 1. The van der Waals surface area contributed by atoms with Crippen molar-refractivity contribution < 1.29 is 75.0 Å². The lowest BCUT2D eigenvalue weighted by molar-refractivity contribution is -0.445. The van der Waals surface area contributed by atoms with Crippen molar-refractivity contribution in [3.8, 4) is 0 Å². The summed E-state index contributed by atoms with van der Waals surface area (Å²) >= 11 is 3.44. The van der Waals surface area contributed by atoms with Gasteiger partial charge in [-0.2, -0.15) is 70.2 Å². The van der Waals surface area contributed by atoms with Gasteiger partial charge in [0.25, 0.3) is 0 Å². The molecule has 0 aliphatic rings. The van der Waals surface area contributed by atoms with Gasteiger partial charge in [0.2, 0.25) is 0 Å². The van der Waals surface area contributed by atoms with Crippen LogP contribution in [0.15, 0.2) is 24.3 Å². The van der Waals surface area contributed by atoms with E-state index >= 15 is 0 Å². The van der Waals surface area contributed by atoms with E-state index < -0.39 is 58.4 Å². The predicted molar refractivity (Wildman–Crippen MR) is 94.6 cm³/mol. The largest absolute Gasteiger partial charge is 0.393 e. The average molecular weight is 598 g/mol. The molecule has 1 N–H and O–H groups in total. The summed E-state index contributed by atoms with van der Waals surface area (Å²) in [7, 11) is 0. The molecule has 0 saturated heterocycles. The Hall–Kier alpha value is -2.14. The van der Waals surface area contributed by atoms with Gasteiger partial charge in [-0.15, -0.1) is 0 Å². The Kier molecular flexibility index (Phi) is 8.22. The molecule has 0 spiro atoms. The summed E-state index contributed by atoms with van der Waals surface area (Å²) in [4.78, 5) is 11.5. The number of amides is 1. The van der Waals surface area contributed by atoms with Gasteiger partial charge in [0.1, 0.15) is 0 Å². The fourth-order valence-electron chi connectivity index (χ4n) is 2.47. The number of benzene rings is 1. The van der Waals surface area contributed by atoms with Crippen molar-refractivity contribution in [3.63, 3.8) is 0 Å². The van der Waals surface area contributed by atoms with Crippen LogP contribution in [0, 0.1) is 0 Å². The average Bonchev–Trinajstić information content (AvgIpc) is 2.72. The smallest absolute Gasteiger partial charge is 0.321 e. The van der Waals surface area contributed by atoms with Gasteiger partial charge in [-0.1, -0.05) is 26.0 Å². The molecule has 2 nitrogen and oxygen atoms in total. The molecule has 19 heteroatoms. The summed E-state index contributed by atoms with van der Waals surface area (Å²) in [6.07, 6.45) is 0. The van der Waals surface area contributed by atoms with Gasteiger partial charge >= 0.3 is 52.7 Å². The zero-order valence-electron chi connectivity index (χ0n) is 17.7. The second-order valence-corrected chi connectivity index (χ2v) is 8.22. The van der Waals surface area contributed by atoms with Crippen LogP contribution >= 0.6 is 11.6 Å². The van der Waals surface area contributed by atoms with Crippen LogP contribution in [0.25, 0.3) is 0 Å². The zero-order valence-corrected chi connectivity index (χ0v) is 18.5. The molecule has 0 aliphatic carbocycles. The Morgan fingerprint density at radius 2 is 0.946 bits per heavy atom. The highest BCUT2D eigenvalue weighted by molar-refractivity contribution is 6.22. The summed E-state index contributed by atoms with van der Waals surface area (Å²) in [6.45, 7) is 3.21. The van der Waals surface area contributed by atoms with Crippen molar-refractivity contribution in [2.24, 2.45) is 0 Å². The first-order valence-electron chi connectivity index (χ1n) is 9.18. The minimum Gasteiger partial charge on any atom is -0.321 e. The quantitative estimate of drug-likeness (QED) is 0.215. The van der Waals surface area contributed by atoms with E-state index in [0.717, 1.165) is 29.6 Å². The molecule has 0 aliphatic heterocycles. The molecule has 0 fully saturated rings. The highest BCUT2D eigenvalue weighted by atomic mass is 35.5. The second-order valence-electron chi connectivity index (χ2n) is 7.75. The van der Waals surface area contributed by atoms with Crippen molar-refractivity contribution in [2.45, 2.75) is 66.6 Å². The Labute approximate surface area is 200 Å². The molecule has 1 aromatic rings. The molecule has 0 heterocycles. The number of nitrogens with one attached hydrogen (secondary N) is 1. The molecule has 0 bridgehead atoms. The first-order valence-corrected chi connectivity index (χ1v) is 9.56. The molecule has 0 saturated carbocycles. The molecule has 1 amide bonds. The molecule has 1 aromatic carbocycles. The van der Waals surface area contributed by atoms with E-state index in [0.29, 0.717) is 5.56 Å². The normalized spacial score (nSPS) is 15.2. The lowest BCUT2D eigenvalue weighted by Gasteiger charge is -2.42. The van der Waals surface area contributed by atoms with E-state index in [-0.39, 0.29) is 5.92 Å². The fraction of sp³-hybridized carbons (Fsp3) is 0.611. The maximum absolute atomic E-state index is 13.9. The number of hydrogen-bond donors (Lipinski definition) is 1. The van der Waals surface area contributed by atoms with Crippen LogP contribution in [-0.4, -0.2) is 52.7 Å². The predicted octanol–water partition coefficient (Wildman–Crippen LogP) is 8.03. The van der Waals surface area contributed by atoms with Crippen LogP contribution in [0.1, 0.15) is 25.3 Å². The van der Waals surface area contributed by atoms with E-state index in [2.05, 4.69) is 11.6 Å². The van der Waals surface area contributed by atoms with E-state index in [1.165, 1.54) is 0 Å². The Morgan fingerprint density at radius 1 is 0.622 bits per heavy atom. The van der Waals surface area contributed by atoms with E-state index in [1.807, 2.05) is 0 Å². The molecule has 214 valence electrons.